The van der Waals surface area contributed by atoms with E-state index in [-0.39, 0.29) is 11.9 Å². The first-order chi connectivity index (χ1) is 11.7. The molecule has 1 amide bonds. The molecule has 0 unspecified atom stereocenters. The topological polar surface area (TPSA) is 82.6 Å². The number of hydrogen-bond acceptors (Lipinski definition) is 5. The lowest BCUT2D eigenvalue weighted by molar-refractivity contribution is 0.0501. The van der Waals surface area contributed by atoms with Gasteiger partial charge in [0.05, 0.1) is 19.8 Å². The van der Waals surface area contributed by atoms with Crippen LogP contribution in [0.1, 0.15) is 22.8 Å². The molecular formula is C17H22N4O3. The zero-order chi connectivity index (χ0) is 16.9. The number of rotatable bonds is 7. The van der Waals surface area contributed by atoms with Crippen molar-refractivity contribution in [1.82, 2.24) is 14.7 Å². The van der Waals surface area contributed by atoms with Crippen molar-refractivity contribution < 1.29 is 14.3 Å². The maximum absolute atomic E-state index is 12.6. The van der Waals surface area contributed by atoms with Gasteiger partial charge in [0.15, 0.2) is 11.5 Å². The second-order valence-electron chi connectivity index (χ2n) is 5.71. The highest BCUT2D eigenvalue weighted by Gasteiger charge is 2.32. The first kappa shape index (κ1) is 16.3. The number of likely N-dealkylation sites (tertiary alicyclic amines) is 1. The Balaban J connectivity index is 1.65. The molecule has 1 aromatic carbocycles. The zero-order valence-electron chi connectivity index (χ0n) is 13.7. The summed E-state index contributed by atoms with van der Waals surface area (Å²) >= 11 is 0. The maximum atomic E-state index is 12.6. The van der Waals surface area contributed by atoms with Crippen LogP contribution in [0.4, 0.5) is 0 Å². The lowest BCUT2D eigenvalue weighted by atomic mass is 10.1. The van der Waals surface area contributed by atoms with Gasteiger partial charge in [-0.1, -0.05) is 0 Å². The third-order valence-electron chi connectivity index (χ3n) is 4.07. The molecule has 1 saturated heterocycles. The van der Waals surface area contributed by atoms with Crippen molar-refractivity contribution >= 4 is 5.91 Å². The minimum atomic E-state index is -0.00951. The molecule has 1 aliphatic rings. The summed E-state index contributed by atoms with van der Waals surface area (Å²) in [4.78, 5) is 14.4. The fraction of sp³-hybridized carbons (Fsp3) is 0.412. The van der Waals surface area contributed by atoms with E-state index >= 15 is 0 Å². The van der Waals surface area contributed by atoms with Crippen LogP contribution in [0.5, 0.6) is 11.5 Å². The van der Waals surface area contributed by atoms with Gasteiger partial charge in [0, 0.05) is 31.0 Å². The molecule has 3 rings (SSSR count). The summed E-state index contributed by atoms with van der Waals surface area (Å²) in [5.41, 5.74) is 6.08. The van der Waals surface area contributed by atoms with E-state index in [1.54, 1.807) is 36.4 Å². The van der Waals surface area contributed by atoms with E-state index in [1.807, 2.05) is 16.9 Å². The molecule has 1 aliphatic heterocycles. The Labute approximate surface area is 140 Å². The molecule has 0 radical (unpaired) electrons. The number of ether oxygens (including phenoxy) is 2. The van der Waals surface area contributed by atoms with Gasteiger partial charge < -0.3 is 20.1 Å². The molecule has 1 fully saturated rings. The highest BCUT2D eigenvalue weighted by Crippen LogP contribution is 2.30. The lowest BCUT2D eigenvalue weighted by Gasteiger charge is -2.39. The van der Waals surface area contributed by atoms with Gasteiger partial charge in [0.2, 0.25) is 0 Å². The second kappa shape index (κ2) is 7.35. The Morgan fingerprint density at radius 1 is 1.38 bits per heavy atom. The summed E-state index contributed by atoms with van der Waals surface area (Å²) in [6.07, 6.45) is 4.42. The fourth-order valence-electron chi connectivity index (χ4n) is 2.66. The summed E-state index contributed by atoms with van der Waals surface area (Å²) in [7, 11) is 1.58. The molecule has 128 valence electrons. The van der Waals surface area contributed by atoms with Crippen molar-refractivity contribution in [3.63, 3.8) is 0 Å². The van der Waals surface area contributed by atoms with Gasteiger partial charge >= 0.3 is 0 Å². The van der Waals surface area contributed by atoms with Gasteiger partial charge in [-0.3, -0.25) is 9.48 Å². The molecule has 2 aromatic rings. The summed E-state index contributed by atoms with van der Waals surface area (Å²) in [5.74, 6) is 1.17. The van der Waals surface area contributed by atoms with Crippen molar-refractivity contribution in [3.05, 3.63) is 42.2 Å². The molecule has 7 nitrogen and oxygen atoms in total. The Bertz CT molecular complexity index is 681. The fourth-order valence-corrected chi connectivity index (χ4v) is 2.66. The van der Waals surface area contributed by atoms with Crippen LogP contribution >= 0.6 is 0 Å². The molecule has 7 heteroatoms. The molecule has 2 N–H and O–H groups in total. The number of nitrogens with zero attached hydrogens (tertiary/aromatic N) is 3. The summed E-state index contributed by atoms with van der Waals surface area (Å²) in [6.45, 7) is 2.38. The Kier molecular flexibility index (Phi) is 5.00. The lowest BCUT2D eigenvalue weighted by Crippen LogP contribution is -2.50. The predicted octanol–water partition coefficient (Wildman–Crippen LogP) is 1.32. The van der Waals surface area contributed by atoms with Gasteiger partial charge in [-0.2, -0.15) is 5.10 Å². The van der Waals surface area contributed by atoms with Crippen LogP contribution in [0.15, 0.2) is 36.7 Å². The van der Waals surface area contributed by atoms with Gasteiger partial charge in [-0.15, -0.1) is 0 Å². The predicted molar refractivity (Wildman–Crippen MR) is 89.3 cm³/mol. The third kappa shape index (κ3) is 3.35. The molecule has 0 spiro atoms. The minimum absolute atomic E-state index is 0.00951. The number of nitrogens with two attached hydrogens (primary N) is 1. The Morgan fingerprint density at radius 2 is 2.21 bits per heavy atom. The molecule has 0 saturated carbocycles. The average Bonchev–Trinajstić information content (AvgIpc) is 3.07. The molecule has 0 aliphatic carbocycles. The number of hydrogen-bond donors (Lipinski definition) is 1. The van der Waals surface area contributed by atoms with E-state index in [1.165, 1.54) is 0 Å². The monoisotopic (exact) mass is 330 g/mol. The quantitative estimate of drug-likeness (QED) is 0.774. The molecule has 2 heterocycles. The molecule has 0 atom stereocenters. The molecule has 0 bridgehead atoms. The highest BCUT2D eigenvalue weighted by molar-refractivity contribution is 5.95. The van der Waals surface area contributed by atoms with E-state index in [2.05, 4.69) is 5.10 Å². The van der Waals surface area contributed by atoms with Crippen LogP contribution in [0.25, 0.3) is 0 Å². The number of aromatic nitrogens is 2. The van der Waals surface area contributed by atoms with E-state index < -0.39 is 0 Å². The number of carbonyl (C=O) groups excluding carboxylic acids is 1. The van der Waals surface area contributed by atoms with Crippen LogP contribution in [-0.4, -0.2) is 53.9 Å². The maximum Gasteiger partial charge on any atom is 0.254 e. The summed E-state index contributed by atoms with van der Waals surface area (Å²) < 4.78 is 12.9. The van der Waals surface area contributed by atoms with Crippen LogP contribution in [0, 0.1) is 0 Å². The average molecular weight is 330 g/mol. The van der Waals surface area contributed by atoms with E-state index in [0.29, 0.717) is 43.3 Å². The minimum Gasteiger partial charge on any atom is -0.493 e. The Morgan fingerprint density at radius 3 is 2.88 bits per heavy atom. The largest absolute Gasteiger partial charge is 0.493 e. The normalized spacial score (nSPS) is 14.3. The van der Waals surface area contributed by atoms with Gasteiger partial charge in [0.1, 0.15) is 0 Å². The van der Waals surface area contributed by atoms with Crippen molar-refractivity contribution in [3.8, 4) is 11.5 Å². The van der Waals surface area contributed by atoms with Gasteiger partial charge in [-0.25, -0.2) is 0 Å². The van der Waals surface area contributed by atoms with Crippen molar-refractivity contribution in [2.75, 3.05) is 33.4 Å². The second-order valence-corrected chi connectivity index (χ2v) is 5.71. The summed E-state index contributed by atoms with van der Waals surface area (Å²) in [5, 5.41) is 4.22. The molecule has 24 heavy (non-hydrogen) atoms. The van der Waals surface area contributed by atoms with Crippen LogP contribution in [-0.2, 0) is 0 Å². The molecule has 1 aromatic heterocycles. The smallest absolute Gasteiger partial charge is 0.254 e. The first-order valence-electron chi connectivity index (χ1n) is 8.02. The highest BCUT2D eigenvalue weighted by atomic mass is 16.5. The number of amides is 1. The number of benzene rings is 1. The van der Waals surface area contributed by atoms with Crippen molar-refractivity contribution in [2.24, 2.45) is 5.73 Å². The Hall–Kier alpha value is -2.54. The summed E-state index contributed by atoms with van der Waals surface area (Å²) in [6, 6.07) is 7.40. The van der Waals surface area contributed by atoms with Crippen LogP contribution < -0.4 is 15.2 Å². The van der Waals surface area contributed by atoms with Gasteiger partial charge in [-0.05, 0) is 37.2 Å². The van der Waals surface area contributed by atoms with E-state index in [0.717, 1.165) is 6.42 Å². The standard InChI is InChI=1S/C17H22N4O3/c1-23-15-5-4-13(10-16(15)24-9-2-6-18)17(22)20-11-14(12-20)21-8-3-7-19-21/h3-5,7-8,10,14H,2,6,9,11-12,18H2,1H3. The van der Waals surface area contributed by atoms with E-state index in [4.69, 9.17) is 15.2 Å². The number of methoxy groups -OCH3 is 1. The molecular weight excluding hydrogens is 308 g/mol. The van der Waals surface area contributed by atoms with Gasteiger partial charge in [0.25, 0.3) is 5.91 Å². The third-order valence-corrected chi connectivity index (χ3v) is 4.07. The number of carbonyl (C=O) groups is 1. The van der Waals surface area contributed by atoms with Crippen molar-refractivity contribution in [2.45, 2.75) is 12.5 Å². The zero-order valence-corrected chi connectivity index (χ0v) is 13.7. The van der Waals surface area contributed by atoms with E-state index in [9.17, 15) is 4.79 Å². The van der Waals surface area contributed by atoms with Crippen LogP contribution in [0.2, 0.25) is 0 Å². The van der Waals surface area contributed by atoms with Crippen LogP contribution in [0.3, 0.4) is 0 Å². The van der Waals surface area contributed by atoms with Crippen molar-refractivity contribution in [1.29, 1.82) is 0 Å². The first-order valence-corrected chi connectivity index (χ1v) is 8.02. The SMILES string of the molecule is COc1ccc(C(=O)N2CC(n3cccn3)C2)cc1OCCCN.